The number of benzene rings is 1. The third-order valence-electron chi connectivity index (χ3n) is 1.86. The van der Waals surface area contributed by atoms with Crippen LogP contribution >= 0.6 is 39.1 Å². The fourth-order valence-electron chi connectivity index (χ4n) is 1.08. The van der Waals surface area contributed by atoms with Gasteiger partial charge >= 0.3 is 6.08 Å². The van der Waals surface area contributed by atoms with Gasteiger partial charge in [0, 0.05) is 10.5 Å². The Morgan fingerprint density at radius 1 is 1.35 bits per heavy atom. The van der Waals surface area contributed by atoms with Crippen LogP contribution in [0.3, 0.4) is 0 Å². The molecule has 1 N–H and O–H groups in total. The standard InChI is InChI=1S/C10H6BrCl2NO3/c11-6-1-8(13)9(2-7(6)12)17-10-14-5(3-15)4-16-10/h1-2,4,15H,3H2. The smallest absolute Gasteiger partial charge is 0.399 e. The summed E-state index contributed by atoms with van der Waals surface area (Å²) in [4.78, 5) is 3.86. The van der Waals surface area contributed by atoms with Crippen molar-refractivity contribution in [2.75, 3.05) is 0 Å². The van der Waals surface area contributed by atoms with Crippen LogP contribution in [0.4, 0.5) is 0 Å². The highest BCUT2D eigenvalue weighted by molar-refractivity contribution is 9.10. The molecule has 17 heavy (non-hydrogen) atoms. The van der Waals surface area contributed by atoms with Gasteiger partial charge in [0.2, 0.25) is 0 Å². The van der Waals surface area contributed by atoms with Crippen molar-refractivity contribution in [3.8, 4) is 11.8 Å². The van der Waals surface area contributed by atoms with E-state index in [9.17, 15) is 0 Å². The maximum atomic E-state index is 8.82. The van der Waals surface area contributed by atoms with Crippen LogP contribution < -0.4 is 4.74 Å². The predicted molar refractivity (Wildman–Crippen MR) is 66.7 cm³/mol. The Hall–Kier alpha value is -0.750. The highest BCUT2D eigenvalue weighted by Crippen LogP contribution is 2.36. The van der Waals surface area contributed by atoms with Crippen molar-refractivity contribution in [3.05, 3.63) is 38.6 Å². The molecule has 0 radical (unpaired) electrons. The average molecular weight is 339 g/mol. The number of hydrogen-bond donors (Lipinski definition) is 1. The van der Waals surface area contributed by atoms with Crippen molar-refractivity contribution in [1.82, 2.24) is 4.98 Å². The van der Waals surface area contributed by atoms with E-state index in [4.69, 9.17) is 37.5 Å². The molecule has 7 heteroatoms. The molecule has 4 nitrogen and oxygen atoms in total. The topological polar surface area (TPSA) is 55.5 Å². The monoisotopic (exact) mass is 337 g/mol. The fourth-order valence-corrected chi connectivity index (χ4v) is 1.92. The zero-order valence-corrected chi connectivity index (χ0v) is 11.4. The maximum absolute atomic E-state index is 8.82. The van der Waals surface area contributed by atoms with Crippen LogP contribution in [0, 0.1) is 0 Å². The van der Waals surface area contributed by atoms with Gasteiger partial charge in [0.15, 0.2) is 5.75 Å². The largest absolute Gasteiger partial charge is 0.417 e. The van der Waals surface area contributed by atoms with Gasteiger partial charge in [0.25, 0.3) is 0 Å². The summed E-state index contributed by atoms with van der Waals surface area (Å²) in [6.45, 7) is -0.221. The highest BCUT2D eigenvalue weighted by atomic mass is 79.9. The Kier molecular flexibility index (Phi) is 3.93. The molecule has 1 heterocycles. The van der Waals surface area contributed by atoms with E-state index in [0.717, 1.165) is 0 Å². The summed E-state index contributed by atoms with van der Waals surface area (Å²) in [7, 11) is 0. The Bertz CT molecular complexity index is 544. The first-order valence-electron chi connectivity index (χ1n) is 4.48. The number of aliphatic hydroxyl groups excluding tert-OH is 1. The Morgan fingerprint density at radius 2 is 2.12 bits per heavy atom. The molecule has 0 aliphatic rings. The number of hydrogen-bond acceptors (Lipinski definition) is 4. The van der Waals surface area contributed by atoms with Gasteiger partial charge in [-0.2, -0.15) is 4.98 Å². The molecule has 0 aliphatic carbocycles. The third kappa shape index (κ3) is 2.93. The normalized spacial score (nSPS) is 10.6. The summed E-state index contributed by atoms with van der Waals surface area (Å²) in [6, 6.07) is 3.14. The second-order valence-corrected chi connectivity index (χ2v) is 4.73. The van der Waals surface area contributed by atoms with E-state index in [0.29, 0.717) is 26.0 Å². The molecule has 0 saturated heterocycles. The molecule has 0 unspecified atom stereocenters. The molecular weight excluding hydrogens is 333 g/mol. The van der Waals surface area contributed by atoms with Crippen molar-refractivity contribution >= 4 is 39.1 Å². The first-order chi connectivity index (χ1) is 8.10. The number of nitrogens with zero attached hydrogens (tertiary/aromatic N) is 1. The fraction of sp³-hybridized carbons (Fsp3) is 0.100. The summed E-state index contributed by atoms with van der Waals surface area (Å²) in [5.41, 5.74) is 0.374. The molecule has 0 atom stereocenters. The summed E-state index contributed by atoms with van der Waals surface area (Å²) in [5.74, 6) is 0.325. The Balaban J connectivity index is 2.26. The van der Waals surface area contributed by atoms with Crippen LogP contribution in [0.15, 0.2) is 27.3 Å². The zero-order valence-electron chi connectivity index (χ0n) is 8.28. The van der Waals surface area contributed by atoms with E-state index in [1.54, 1.807) is 6.07 Å². The molecule has 0 amide bonds. The van der Waals surface area contributed by atoms with E-state index in [2.05, 4.69) is 20.9 Å². The molecule has 0 fully saturated rings. The molecule has 2 aromatic rings. The minimum atomic E-state index is -0.221. The SMILES string of the molecule is OCc1coc(Oc2cc(Cl)c(Br)cc2Cl)n1. The van der Waals surface area contributed by atoms with Gasteiger partial charge in [-0.25, -0.2) is 0 Å². The van der Waals surface area contributed by atoms with Crippen molar-refractivity contribution < 1.29 is 14.3 Å². The first kappa shape index (κ1) is 12.7. The lowest BCUT2D eigenvalue weighted by atomic mass is 10.3. The quantitative estimate of drug-likeness (QED) is 0.858. The second-order valence-electron chi connectivity index (χ2n) is 3.06. The van der Waals surface area contributed by atoms with Crippen molar-refractivity contribution in [2.24, 2.45) is 0 Å². The minimum Gasteiger partial charge on any atom is -0.417 e. The summed E-state index contributed by atoms with van der Waals surface area (Å²) >= 11 is 15.1. The van der Waals surface area contributed by atoms with Gasteiger partial charge < -0.3 is 14.3 Å². The van der Waals surface area contributed by atoms with Crippen LogP contribution in [0.25, 0.3) is 0 Å². The number of ether oxygens (including phenoxy) is 1. The minimum absolute atomic E-state index is 0.00524. The molecule has 1 aromatic heterocycles. The molecule has 0 aliphatic heterocycles. The van der Waals surface area contributed by atoms with Gasteiger partial charge in [0.1, 0.15) is 12.0 Å². The van der Waals surface area contributed by atoms with E-state index in [1.807, 2.05) is 0 Å². The van der Waals surface area contributed by atoms with Gasteiger partial charge in [-0.05, 0) is 22.0 Å². The summed E-state index contributed by atoms with van der Waals surface area (Å²) < 4.78 is 10.9. The van der Waals surface area contributed by atoms with Crippen LogP contribution in [0.1, 0.15) is 5.69 Å². The third-order valence-corrected chi connectivity index (χ3v) is 3.36. The van der Waals surface area contributed by atoms with Crippen LogP contribution in [-0.2, 0) is 6.61 Å². The number of oxazole rings is 1. The summed E-state index contributed by atoms with van der Waals surface area (Å²) in [6.07, 6.45) is 1.29. The Morgan fingerprint density at radius 3 is 2.76 bits per heavy atom. The van der Waals surface area contributed by atoms with E-state index >= 15 is 0 Å². The van der Waals surface area contributed by atoms with Crippen LogP contribution in [-0.4, -0.2) is 10.1 Å². The molecule has 0 bridgehead atoms. The van der Waals surface area contributed by atoms with Gasteiger partial charge in [0.05, 0.1) is 16.7 Å². The first-order valence-corrected chi connectivity index (χ1v) is 6.02. The van der Waals surface area contributed by atoms with E-state index in [1.165, 1.54) is 12.3 Å². The molecule has 2 rings (SSSR count). The Labute approximate surface area is 115 Å². The molecular formula is C10H6BrCl2NO3. The maximum Gasteiger partial charge on any atom is 0.399 e. The number of aromatic nitrogens is 1. The number of halogens is 3. The molecule has 0 saturated carbocycles. The summed E-state index contributed by atoms with van der Waals surface area (Å²) in [5, 5.41) is 9.64. The second kappa shape index (κ2) is 5.27. The van der Waals surface area contributed by atoms with Crippen LogP contribution in [0.2, 0.25) is 10.0 Å². The molecule has 90 valence electrons. The average Bonchev–Trinajstić information content (AvgIpc) is 2.73. The van der Waals surface area contributed by atoms with Crippen molar-refractivity contribution in [2.45, 2.75) is 6.61 Å². The van der Waals surface area contributed by atoms with E-state index < -0.39 is 0 Å². The highest BCUT2D eigenvalue weighted by Gasteiger charge is 2.11. The van der Waals surface area contributed by atoms with Crippen LogP contribution in [0.5, 0.6) is 11.8 Å². The lowest BCUT2D eigenvalue weighted by molar-refractivity contribution is 0.276. The number of rotatable bonds is 3. The lowest BCUT2D eigenvalue weighted by Gasteiger charge is -2.05. The van der Waals surface area contributed by atoms with Gasteiger partial charge in [-0.1, -0.05) is 23.2 Å². The molecule has 0 spiro atoms. The van der Waals surface area contributed by atoms with Crippen molar-refractivity contribution in [1.29, 1.82) is 0 Å². The van der Waals surface area contributed by atoms with Gasteiger partial charge in [-0.15, -0.1) is 0 Å². The van der Waals surface area contributed by atoms with Gasteiger partial charge in [-0.3, -0.25) is 0 Å². The predicted octanol–water partition coefficient (Wildman–Crippen LogP) is 4.03. The lowest BCUT2D eigenvalue weighted by Crippen LogP contribution is -1.87. The van der Waals surface area contributed by atoms with E-state index in [-0.39, 0.29) is 12.7 Å². The number of aliphatic hydroxyl groups is 1. The zero-order chi connectivity index (χ0) is 12.4. The molecule has 1 aromatic carbocycles. The van der Waals surface area contributed by atoms with Crippen molar-refractivity contribution in [3.63, 3.8) is 0 Å².